The topological polar surface area (TPSA) is 25.6 Å². The van der Waals surface area contributed by atoms with Crippen LogP contribution in [0.1, 0.15) is 32.3 Å². The van der Waals surface area contributed by atoms with Crippen LogP contribution in [0.25, 0.3) is 11.0 Å². The van der Waals surface area contributed by atoms with Crippen LogP contribution < -0.4 is 4.74 Å². The summed E-state index contributed by atoms with van der Waals surface area (Å²) in [6.45, 7) is 5.90. The zero-order chi connectivity index (χ0) is 16.7. The average molecular weight is 325 g/mol. The third kappa shape index (κ3) is 2.65. The molecule has 5 rings (SSSR count). The van der Waals surface area contributed by atoms with Crippen molar-refractivity contribution in [3.05, 3.63) is 42.2 Å². The smallest absolute Gasteiger partial charge is 0.134 e. The van der Waals surface area contributed by atoms with E-state index in [0.717, 1.165) is 29.6 Å². The van der Waals surface area contributed by atoms with Crippen LogP contribution in [0.5, 0.6) is 5.75 Å². The molecule has 1 aliphatic carbocycles. The van der Waals surface area contributed by atoms with Crippen molar-refractivity contribution in [1.82, 2.24) is 4.90 Å². The number of methoxy groups -OCH3 is 1. The van der Waals surface area contributed by atoms with Crippen LogP contribution in [-0.2, 0) is 6.42 Å². The van der Waals surface area contributed by atoms with Crippen molar-refractivity contribution in [1.29, 1.82) is 0 Å². The summed E-state index contributed by atoms with van der Waals surface area (Å²) in [5, 5.41) is 1.19. The van der Waals surface area contributed by atoms with E-state index in [4.69, 9.17) is 9.15 Å². The fraction of sp³-hybridized carbons (Fsp3) is 0.524. The minimum Gasteiger partial charge on any atom is -0.497 e. The van der Waals surface area contributed by atoms with Crippen LogP contribution in [0.4, 0.5) is 0 Å². The van der Waals surface area contributed by atoms with Gasteiger partial charge in [-0.2, -0.15) is 0 Å². The number of ether oxygens (including phenoxy) is 1. The summed E-state index contributed by atoms with van der Waals surface area (Å²) in [6, 6.07) is 7.18. The van der Waals surface area contributed by atoms with E-state index in [2.05, 4.69) is 37.0 Å². The van der Waals surface area contributed by atoms with Crippen molar-refractivity contribution in [2.45, 2.75) is 45.2 Å². The van der Waals surface area contributed by atoms with Gasteiger partial charge in [-0.15, -0.1) is 0 Å². The summed E-state index contributed by atoms with van der Waals surface area (Å²) in [5.41, 5.74) is 2.24. The lowest BCUT2D eigenvalue weighted by Gasteiger charge is -2.49. The fourth-order valence-electron chi connectivity index (χ4n) is 4.61. The first-order valence-corrected chi connectivity index (χ1v) is 9.17. The molecule has 3 aliphatic rings. The first-order chi connectivity index (χ1) is 11.7. The fourth-order valence-corrected chi connectivity index (χ4v) is 4.61. The summed E-state index contributed by atoms with van der Waals surface area (Å²) < 4.78 is 11.1. The number of fused-ring (bicyclic) bond motifs is 3. The normalized spacial score (nSPS) is 27.7. The maximum absolute atomic E-state index is 5.75. The molecule has 1 saturated heterocycles. The highest BCUT2D eigenvalue weighted by molar-refractivity contribution is 5.82. The van der Waals surface area contributed by atoms with Crippen molar-refractivity contribution in [3.8, 4) is 5.75 Å². The van der Waals surface area contributed by atoms with Gasteiger partial charge < -0.3 is 9.15 Å². The summed E-state index contributed by atoms with van der Waals surface area (Å²) in [7, 11) is 1.71. The Morgan fingerprint density at radius 3 is 2.96 bits per heavy atom. The molecule has 128 valence electrons. The van der Waals surface area contributed by atoms with Gasteiger partial charge in [0.15, 0.2) is 0 Å². The first kappa shape index (κ1) is 15.8. The molecule has 0 amide bonds. The monoisotopic (exact) mass is 325 g/mol. The number of hydrogen-bond acceptors (Lipinski definition) is 3. The quantitative estimate of drug-likeness (QED) is 0.748. The molecule has 1 aromatic carbocycles. The number of furan rings is 1. The SMILES string of the molecule is CCC1CC2C=CC1N([C@@H](C)Cc1coc3ccc(OC)cc13)C2. The molecule has 4 atom stereocenters. The van der Waals surface area contributed by atoms with Crippen LogP contribution in [0.15, 0.2) is 41.0 Å². The van der Waals surface area contributed by atoms with Gasteiger partial charge in [-0.05, 0) is 55.4 Å². The second kappa shape index (κ2) is 6.29. The predicted molar refractivity (Wildman–Crippen MR) is 97.5 cm³/mol. The Bertz CT molecular complexity index is 747. The van der Waals surface area contributed by atoms with Crippen molar-refractivity contribution in [2.75, 3.05) is 13.7 Å². The third-order valence-electron chi connectivity index (χ3n) is 5.96. The number of rotatable bonds is 5. The van der Waals surface area contributed by atoms with Crippen molar-refractivity contribution in [2.24, 2.45) is 11.8 Å². The summed E-state index contributed by atoms with van der Waals surface area (Å²) in [6.07, 6.45) is 10.5. The molecule has 0 saturated carbocycles. The molecule has 0 spiro atoms. The van der Waals surface area contributed by atoms with E-state index in [-0.39, 0.29) is 0 Å². The molecular weight excluding hydrogens is 298 g/mol. The van der Waals surface area contributed by atoms with Crippen LogP contribution in [0.3, 0.4) is 0 Å². The second-order valence-corrected chi connectivity index (χ2v) is 7.41. The summed E-state index contributed by atoms with van der Waals surface area (Å²) in [5.74, 6) is 2.45. The van der Waals surface area contributed by atoms with Gasteiger partial charge in [-0.3, -0.25) is 4.90 Å². The van der Waals surface area contributed by atoms with Gasteiger partial charge in [0.1, 0.15) is 11.3 Å². The lowest BCUT2D eigenvalue weighted by atomic mass is 9.75. The Balaban J connectivity index is 1.56. The minimum absolute atomic E-state index is 0.517. The Kier molecular flexibility index (Phi) is 4.13. The predicted octanol–water partition coefficient (Wildman–Crippen LogP) is 4.66. The zero-order valence-electron chi connectivity index (χ0n) is 14.9. The van der Waals surface area contributed by atoms with E-state index in [0.29, 0.717) is 12.1 Å². The molecule has 2 aromatic rings. The molecule has 2 aliphatic heterocycles. The molecule has 24 heavy (non-hydrogen) atoms. The van der Waals surface area contributed by atoms with Gasteiger partial charge in [0.25, 0.3) is 0 Å². The van der Waals surface area contributed by atoms with Gasteiger partial charge in [0.2, 0.25) is 0 Å². The highest BCUT2D eigenvalue weighted by Crippen LogP contribution is 2.38. The maximum Gasteiger partial charge on any atom is 0.134 e. The number of nitrogens with zero attached hydrogens (tertiary/aromatic N) is 1. The average Bonchev–Trinajstić information content (AvgIpc) is 3.03. The second-order valence-electron chi connectivity index (χ2n) is 7.41. The molecule has 3 nitrogen and oxygen atoms in total. The van der Waals surface area contributed by atoms with Crippen LogP contribution in [0.2, 0.25) is 0 Å². The minimum atomic E-state index is 0.517. The van der Waals surface area contributed by atoms with Crippen LogP contribution in [0, 0.1) is 11.8 Å². The molecule has 1 fully saturated rings. The number of benzene rings is 1. The lowest BCUT2D eigenvalue weighted by Crippen LogP contribution is -2.54. The third-order valence-corrected chi connectivity index (χ3v) is 5.96. The molecule has 1 aromatic heterocycles. The van der Waals surface area contributed by atoms with Gasteiger partial charge in [0.05, 0.1) is 13.4 Å². The zero-order valence-corrected chi connectivity index (χ0v) is 14.9. The van der Waals surface area contributed by atoms with E-state index >= 15 is 0 Å². The summed E-state index contributed by atoms with van der Waals surface area (Å²) >= 11 is 0. The van der Waals surface area contributed by atoms with Gasteiger partial charge in [-0.25, -0.2) is 0 Å². The molecule has 0 radical (unpaired) electrons. The molecular formula is C21H27NO2. The molecule has 0 N–H and O–H groups in total. The lowest BCUT2D eigenvalue weighted by molar-refractivity contribution is 0.0490. The van der Waals surface area contributed by atoms with E-state index in [1.807, 2.05) is 18.4 Å². The molecule has 3 unspecified atom stereocenters. The molecule has 2 bridgehead atoms. The van der Waals surface area contributed by atoms with Gasteiger partial charge in [0, 0.05) is 24.0 Å². The van der Waals surface area contributed by atoms with E-state index in [1.165, 1.54) is 30.3 Å². The van der Waals surface area contributed by atoms with Crippen LogP contribution >= 0.6 is 0 Å². The van der Waals surface area contributed by atoms with Gasteiger partial charge in [-0.1, -0.05) is 25.5 Å². The number of piperidine rings is 1. The highest BCUT2D eigenvalue weighted by atomic mass is 16.5. The first-order valence-electron chi connectivity index (χ1n) is 9.17. The van der Waals surface area contributed by atoms with E-state index in [9.17, 15) is 0 Å². The van der Waals surface area contributed by atoms with Crippen LogP contribution in [-0.4, -0.2) is 30.6 Å². The maximum atomic E-state index is 5.75. The molecule has 3 heteroatoms. The van der Waals surface area contributed by atoms with E-state index in [1.54, 1.807) is 7.11 Å². The Hall–Kier alpha value is -1.74. The van der Waals surface area contributed by atoms with E-state index < -0.39 is 0 Å². The number of hydrogen-bond donors (Lipinski definition) is 0. The Morgan fingerprint density at radius 1 is 1.33 bits per heavy atom. The van der Waals surface area contributed by atoms with Crippen molar-refractivity contribution >= 4 is 11.0 Å². The standard InChI is InChI=1S/C21H27NO2/c1-4-16-10-15-5-7-20(16)22(12-15)14(2)9-17-13-24-21-8-6-18(23-3)11-19(17)21/h5-8,11,13-16,20H,4,9-10,12H2,1-3H3/t14-,15?,16?,20?/m0/s1. The summed E-state index contributed by atoms with van der Waals surface area (Å²) in [4.78, 5) is 2.71. The van der Waals surface area contributed by atoms with Crippen molar-refractivity contribution < 1.29 is 9.15 Å². The van der Waals surface area contributed by atoms with Gasteiger partial charge >= 0.3 is 0 Å². The largest absolute Gasteiger partial charge is 0.497 e. The highest BCUT2D eigenvalue weighted by Gasteiger charge is 2.38. The van der Waals surface area contributed by atoms with Crippen molar-refractivity contribution in [3.63, 3.8) is 0 Å². The molecule has 3 heterocycles. The Morgan fingerprint density at radius 2 is 2.21 bits per heavy atom. The Labute approximate surface area is 144 Å².